The third kappa shape index (κ3) is 2.37. The SMILES string of the molecule is Cc1cc(NC(N)=O)ccc1I. The molecule has 0 saturated heterocycles. The Labute approximate surface area is 84.5 Å². The summed E-state index contributed by atoms with van der Waals surface area (Å²) < 4.78 is 1.17. The second-order valence-corrected chi connectivity index (χ2v) is 3.62. The van der Waals surface area contributed by atoms with Gasteiger partial charge in [0.25, 0.3) is 0 Å². The molecular formula is C8H9IN2O. The van der Waals surface area contributed by atoms with Crippen LogP contribution in [0.5, 0.6) is 0 Å². The zero-order chi connectivity index (χ0) is 9.14. The summed E-state index contributed by atoms with van der Waals surface area (Å²) in [6.07, 6.45) is 0. The van der Waals surface area contributed by atoms with Crippen LogP contribution in [0, 0.1) is 10.5 Å². The lowest BCUT2D eigenvalue weighted by atomic mass is 10.2. The van der Waals surface area contributed by atoms with Crippen LogP contribution in [0.25, 0.3) is 0 Å². The fourth-order valence-electron chi connectivity index (χ4n) is 0.865. The van der Waals surface area contributed by atoms with Crippen LogP contribution in [0.15, 0.2) is 18.2 Å². The predicted octanol–water partition coefficient (Wildman–Crippen LogP) is 2.09. The van der Waals surface area contributed by atoms with E-state index in [0.717, 1.165) is 11.3 Å². The third-order valence-corrected chi connectivity index (χ3v) is 2.64. The van der Waals surface area contributed by atoms with E-state index in [4.69, 9.17) is 5.73 Å². The Hall–Kier alpha value is -0.780. The fourth-order valence-corrected chi connectivity index (χ4v) is 1.20. The molecule has 4 heteroatoms. The first-order chi connectivity index (χ1) is 5.59. The molecule has 2 amide bonds. The van der Waals surface area contributed by atoms with E-state index in [1.54, 1.807) is 0 Å². The molecule has 3 N–H and O–H groups in total. The minimum atomic E-state index is -0.532. The number of carbonyl (C=O) groups is 1. The van der Waals surface area contributed by atoms with Gasteiger partial charge < -0.3 is 11.1 Å². The van der Waals surface area contributed by atoms with Gasteiger partial charge in [0, 0.05) is 9.26 Å². The number of hydrogen-bond acceptors (Lipinski definition) is 1. The van der Waals surface area contributed by atoms with Crippen molar-refractivity contribution in [3.8, 4) is 0 Å². The van der Waals surface area contributed by atoms with Crippen LogP contribution in [-0.4, -0.2) is 6.03 Å². The highest BCUT2D eigenvalue weighted by Crippen LogP contribution is 2.16. The molecule has 0 fully saturated rings. The van der Waals surface area contributed by atoms with Crippen LogP contribution in [0.1, 0.15) is 5.56 Å². The number of nitrogens with two attached hydrogens (primary N) is 1. The Morgan fingerprint density at radius 3 is 2.75 bits per heavy atom. The predicted molar refractivity (Wildman–Crippen MR) is 57.1 cm³/mol. The Morgan fingerprint density at radius 2 is 2.25 bits per heavy atom. The van der Waals surface area contributed by atoms with Gasteiger partial charge in [0.1, 0.15) is 0 Å². The number of hydrogen-bond donors (Lipinski definition) is 2. The summed E-state index contributed by atoms with van der Waals surface area (Å²) in [4.78, 5) is 10.5. The van der Waals surface area contributed by atoms with Crippen LogP contribution in [-0.2, 0) is 0 Å². The van der Waals surface area contributed by atoms with Crippen molar-refractivity contribution in [3.05, 3.63) is 27.3 Å². The largest absolute Gasteiger partial charge is 0.351 e. The molecule has 0 heterocycles. The molecule has 1 aromatic rings. The molecule has 64 valence electrons. The van der Waals surface area contributed by atoms with E-state index < -0.39 is 6.03 Å². The first-order valence-electron chi connectivity index (χ1n) is 3.42. The highest BCUT2D eigenvalue weighted by molar-refractivity contribution is 14.1. The van der Waals surface area contributed by atoms with E-state index in [0.29, 0.717) is 0 Å². The summed E-state index contributed by atoms with van der Waals surface area (Å²) in [5.41, 5.74) is 6.82. The van der Waals surface area contributed by atoms with E-state index >= 15 is 0 Å². The average molecular weight is 276 g/mol. The molecule has 0 radical (unpaired) electrons. The summed E-state index contributed by atoms with van der Waals surface area (Å²) >= 11 is 2.23. The smallest absolute Gasteiger partial charge is 0.316 e. The number of rotatable bonds is 1. The summed E-state index contributed by atoms with van der Waals surface area (Å²) in [7, 11) is 0. The van der Waals surface area contributed by atoms with Crippen LogP contribution < -0.4 is 11.1 Å². The van der Waals surface area contributed by atoms with Gasteiger partial charge in [-0.2, -0.15) is 0 Å². The number of anilines is 1. The van der Waals surface area contributed by atoms with E-state index in [2.05, 4.69) is 27.9 Å². The number of benzene rings is 1. The molecule has 0 aliphatic carbocycles. The molecule has 0 saturated carbocycles. The van der Waals surface area contributed by atoms with Crippen molar-refractivity contribution >= 4 is 34.3 Å². The molecule has 1 aromatic carbocycles. The number of halogens is 1. The van der Waals surface area contributed by atoms with Gasteiger partial charge in [-0.15, -0.1) is 0 Å². The van der Waals surface area contributed by atoms with E-state index in [9.17, 15) is 4.79 Å². The Kier molecular flexibility index (Phi) is 2.91. The van der Waals surface area contributed by atoms with Gasteiger partial charge >= 0.3 is 6.03 Å². The third-order valence-electron chi connectivity index (χ3n) is 1.43. The Balaban J connectivity index is 2.89. The standard InChI is InChI=1S/C8H9IN2O/c1-5-4-6(11-8(10)12)2-3-7(5)9/h2-4H,1H3,(H3,10,11,12). The number of carbonyl (C=O) groups excluding carboxylic acids is 1. The molecule has 12 heavy (non-hydrogen) atoms. The molecule has 0 unspecified atom stereocenters. The maximum absolute atomic E-state index is 10.5. The lowest BCUT2D eigenvalue weighted by molar-refractivity contribution is 0.259. The first kappa shape index (κ1) is 9.31. The van der Waals surface area contributed by atoms with Crippen LogP contribution >= 0.6 is 22.6 Å². The quantitative estimate of drug-likeness (QED) is 0.758. The van der Waals surface area contributed by atoms with E-state index in [1.807, 2.05) is 25.1 Å². The van der Waals surface area contributed by atoms with Crippen LogP contribution in [0.4, 0.5) is 10.5 Å². The molecule has 3 nitrogen and oxygen atoms in total. The van der Waals surface area contributed by atoms with Gasteiger partial charge in [0.2, 0.25) is 0 Å². The zero-order valence-corrected chi connectivity index (χ0v) is 8.75. The normalized spacial score (nSPS) is 9.50. The lowest BCUT2D eigenvalue weighted by Crippen LogP contribution is -2.19. The van der Waals surface area contributed by atoms with Crippen molar-refractivity contribution < 1.29 is 4.79 Å². The Bertz CT molecular complexity index is 312. The van der Waals surface area contributed by atoms with Crippen LogP contribution in [0.2, 0.25) is 0 Å². The molecule has 0 aliphatic heterocycles. The van der Waals surface area contributed by atoms with Gasteiger partial charge in [-0.1, -0.05) is 0 Å². The second-order valence-electron chi connectivity index (χ2n) is 2.45. The van der Waals surface area contributed by atoms with Crippen molar-refractivity contribution in [3.63, 3.8) is 0 Å². The first-order valence-corrected chi connectivity index (χ1v) is 4.50. The van der Waals surface area contributed by atoms with Gasteiger partial charge in [0.15, 0.2) is 0 Å². The zero-order valence-electron chi connectivity index (χ0n) is 6.60. The van der Waals surface area contributed by atoms with Crippen molar-refractivity contribution in [1.29, 1.82) is 0 Å². The number of nitrogens with one attached hydrogen (secondary N) is 1. The number of primary amides is 1. The molecule has 0 aromatic heterocycles. The number of urea groups is 1. The number of amides is 2. The number of aryl methyl sites for hydroxylation is 1. The van der Waals surface area contributed by atoms with Gasteiger partial charge in [0.05, 0.1) is 0 Å². The second kappa shape index (κ2) is 3.75. The summed E-state index contributed by atoms with van der Waals surface area (Å²) in [6, 6.07) is 5.10. The maximum Gasteiger partial charge on any atom is 0.316 e. The van der Waals surface area contributed by atoms with Gasteiger partial charge in [-0.25, -0.2) is 4.79 Å². The van der Waals surface area contributed by atoms with Gasteiger partial charge in [-0.3, -0.25) is 0 Å². The minimum absolute atomic E-state index is 0.532. The van der Waals surface area contributed by atoms with Crippen molar-refractivity contribution in [2.45, 2.75) is 6.92 Å². The highest BCUT2D eigenvalue weighted by Gasteiger charge is 1.98. The maximum atomic E-state index is 10.5. The molecule has 0 bridgehead atoms. The molecule has 0 aliphatic rings. The summed E-state index contributed by atoms with van der Waals surface area (Å²) in [5, 5.41) is 2.51. The molecule has 1 rings (SSSR count). The summed E-state index contributed by atoms with van der Waals surface area (Å²) in [6.45, 7) is 1.98. The van der Waals surface area contributed by atoms with Crippen LogP contribution in [0.3, 0.4) is 0 Å². The minimum Gasteiger partial charge on any atom is -0.351 e. The topological polar surface area (TPSA) is 55.1 Å². The lowest BCUT2D eigenvalue weighted by Gasteiger charge is -2.03. The van der Waals surface area contributed by atoms with Gasteiger partial charge in [-0.05, 0) is 53.3 Å². The van der Waals surface area contributed by atoms with Crippen molar-refractivity contribution in [2.24, 2.45) is 5.73 Å². The molecule has 0 spiro atoms. The van der Waals surface area contributed by atoms with E-state index in [-0.39, 0.29) is 0 Å². The van der Waals surface area contributed by atoms with Crippen molar-refractivity contribution in [2.75, 3.05) is 5.32 Å². The highest BCUT2D eigenvalue weighted by atomic mass is 127. The molecular weight excluding hydrogens is 267 g/mol. The monoisotopic (exact) mass is 276 g/mol. The molecule has 0 atom stereocenters. The average Bonchev–Trinajstić information content (AvgIpc) is 1.96. The van der Waals surface area contributed by atoms with E-state index in [1.165, 1.54) is 3.57 Å². The van der Waals surface area contributed by atoms with Crippen molar-refractivity contribution in [1.82, 2.24) is 0 Å². The fraction of sp³-hybridized carbons (Fsp3) is 0.125. The Morgan fingerprint density at radius 1 is 1.58 bits per heavy atom. The summed E-state index contributed by atoms with van der Waals surface area (Å²) in [5.74, 6) is 0.